The Balaban J connectivity index is 1.16. The highest BCUT2D eigenvalue weighted by Gasteiger charge is 2.51. The zero-order valence-corrected chi connectivity index (χ0v) is 30.4. The molecule has 3 heteroatoms. The summed E-state index contributed by atoms with van der Waals surface area (Å²) in [4.78, 5) is 10.8. The second-order valence-corrected chi connectivity index (χ2v) is 14.5. The van der Waals surface area contributed by atoms with Crippen molar-refractivity contribution in [2.45, 2.75) is 5.41 Å². The van der Waals surface area contributed by atoms with E-state index in [0.29, 0.717) is 5.82 Å². The maximum absolute atomic E-state index is 7.04. The highest BCUT2D eigenvalue weighted by atomic mass is 16.5. The van der Waals surface area contributed by atoms with Gasteiger partial charge in [0.2, 0.25) is 0 Å². The third-order valence-corrected chi connectivity index (χ3v) is 11.4. The number of nitrogens with zero attached hydrogens (tertiary/aromatic N) is 2. The van der Waals surface area contributed by atoms with Gasteiger partial charge in [0.1, 0.15) is 11.5 Å². The Morgan fingerprint density at radius 3 is 1.34 bits per heavy atom. The highest BCUT2D eigenvalue weighted by molar-refractivity contribution is 5.90. The molecule has 1 spiro atoms. The third kappa shape index (κ3) is 4.98. The highest BCUT2D eigenvalue weighted by Crippen LogP contribution is 2.63. The van der Waals surface area contributed by atoms with Gasteiger partial charge in [0.15, 0.2) is 5.82 Å². The molecule has 8 aromatic carbocycles. The van der Waals surface area contributed by atoms with E-state index in [1.165, 1.54) is 22.3 Å². The van der Waals surface area contributed by atoms with Crippen molar-refractivity contribution in [3.63, 3.8) is 0 Å². The first-order valence-corrected chi connectivity index (χ1v) is 19.1. The summed E-state index contributed by atoms with van der Waals surface area (Å²) in [6.07, 6.45) is 0. The van der Waals surface area contributed by atoms with Crippen LogP contribution in [0.2, 0.25) is 0 Å². The molecule has 0 amide bonds. The monoisotopic (exact) mass is 714 g/mol. The summed E-state index contributed by atoms with van der Waals surface area (Å²) in [6, 6.07) is 72.9. The second kappa shape index (κ2) is 12.9. The van der Waals surface area contributed by atoms with Gasteiger partial charge < -0.3 is 4.74 Å². The summed E-state index contributed by atoms with van der Waals surface area (Å²) in [6.45, 7) is 0. The van der Waals surface area contributed by atoms with Crippen LogP contribution in [0.25, 0.3) is 67.3 Å². The Bertz CT molecular complexity index is 2800. The Hall–Kier alpha value is -7.36. The number of rotatable bonds is 5. The molecule has 1 aliphatic carbocycles. The van der Waals surface area contributed by atoms with Crippen LogP contribution in [0.4, 0.5) is 0 Å². The first-order chi connectivity index (χ1) is 27.8. The van der Waals surface area contributed by atoms with E-state index >= 15 is 0 Å². The Morgan fingerprint density at radius 1 is 0.321 bits per heavy atom. The maximum Gasteiger partial charge on any atom is 0.164 e. The standard InChI is InChI=1S/C53H34N2O/c1-3-16-35(17-4-1)37-20-13-22-39(32-37)48-34-49(40-23-14-21-38(33-40)36-18-5-2-6-19-36)55-52(54-48)43-26-15-30-47-51(43)56-50-31-12-11-29-46(50)53(47)44-27-9-7-24-41(44)42-25-8-10-28-45(42)53/h1-34H. The molecule has 56 heavy (non-hydrogen) atoms. The number of hydrogen-bond donors (Lipinski definition) is 0. The SMILES string of the molecule is c1ccc(-c2cccc(-c3cc(-c4cccc(-c5ccccc5)c4)nc(-c4cccc5c4Oc4ccccc4C54c5ccccc5-c5ccccc54)n3)c2)cc1. The summed E-state index contributed by atoms with van der Waals surface area (Å²) in [5.41, 5.74) is 15.8. The van der Waals surface area contributed by atoms with Crippen LogP contribution in [0.1, 0.15) is 22.3 Å². The smallest absolute Gasteiger partial charge is 0.164 e. The summed E-state index contributed by atoms with van der Waals surface area (Å²) in [7, 11) is 0. The molecule has 1 aliphatic heterocycles. The molecule has 0 saturated heterocycles. The molecule has 0 unspecified atom stereocenters. The van der Waals surface area contributed by atoms with Crippen LogP contribution in [0.3, 0.4) is 0 Å². The molecule has 11 rings (SSSR count). The first-order valence-electron chi connectivity index (χ1n) is 19.1. The van der Waals surface area contributed by atoms with Crippen molar-refractivity contribution in [1.82, 2.24) is 9.97 Å². The fourth-order valence-electron chi connectivity index (χ4n) is 8.90. The van der Waals surface area contributed by atoms with Gasteiger partial charge in [-0.1, -0.05) is 176 Å². The lowest BCUT2D eigenvalue weighted by molar-refractivity contribution is 0.437. The topological polar surface area (TPSA) is 35.0 Å². The van der Waals surface area contributed by atoms with Crippen molar-refractivity contribution < 1.29 is 4.74 Å². The molecule has 0 saturated carbocycles. The lowest BCUT2D eigenvalue weighted by Crippen LogP contribution is -2.32. The average Bonchev–Trinajstić information content (AvgIpc) is 3.57. The van der Waals surface area contributed by atoms with E-state index in [9.17, 15) is 0 Å². The molecular weight excluding hydrogens is 681 g/mol. The van der Waals surface area contributed by atoms with Gasteiger partial charge in [0.25, 0.3) is 0 Å². The Labute approximate surface area is 326 Å². The van der Waals surface area contributed by atoms with Crippen molar-refractivity contribution in [3.8, 4) is 78.8 Å². The van der Waals surface area contributed by atoms with Crippen LogP contribution in [0.15, 0.2) is 206 Å². The largest absolute Gasteiger partial charge is 0.456 e. The van der Waals surface area contributed by atoms with Crippen LogP contribution in [-0.2, 0) is 5.41 Å². The number of para-hydroxylation sites is 2. The van der Waals surface area contributed by atoms with Gasteiger partial charge in [0, 0.05) is 22.3 Å². The molecule has 2 aliphatic rings. The zero-order valence-electron chi connectivity index (χ0n) is 30.4. The fraction of sp³-hybridized carbons (Fsp3) is 0.0189. The van der Waals surface area contributed by atoms with Crippen molar-refractivity contribution >= 4 is 0 Å². The first kappa shape index (κ1) is 32.1. The molecule has 9 aromatic rings. The van der Waals surface area contributed by atoms with Gasteiger partial charge in [-0.2, -0.15) is 0 Å². The minimum atomic E-state index is -0.582. The van der Waals surface area contributed by atoms with E-state index in [1.807, 2.05) is 12.1 Å². The van der Waals surface area contributed by atoms with Crippen molar-refractivity contribution in [1.29, 1.82) is 0 Å². The fourth-order valence-corrected chi connectivity index (χ4v) is 8.90. The minimum Gasteiger partial charge on any atom is -0.456 e. The molecule has 3 nitrogen and oxygen atoms in total. The molecule has 2 heterocycles. The number of aromatic nitrogens is 2. The minimum absolute atomic E-state index is 0.582. The van der Waals surface area contributed by atoms with Crippen LogP contribution in [-0.4, -0.2) is 9.97 Å². The number of fused-ring (bicyclic) bond motifs is 9. The quantitative estimate of drug-likeness (QED) is 0.178. The Kier molecular flexibility index (Phi) is 7.39. The average molecular weight is 715 g/mol. The zero-order chi connectivity index (χ0) is 37.1. The van der Waals surface area contributed by atoms with Crippen molar-refractivity contribution in [2.75, 3.05) is 0 Å². The predicted octanol–water partition coefficient (Wildman–Crippen LogP) is 13.3. The van der Waals surface area contributed by atoms with E-state index in [2.05, 4.69) is 194 Å². The van der Waals surface area contributed by atoms with Crippen molar-refractivity contribution in [3.05, 3.63) is 229 Å². The lowest BCUT2D eigenvalue weighted by Gasteiger charge is -2.39. The van der Waals surface area contributed by atoms with Gasteiger partial charge >= 0.3 is 0 Å². The Morgan fingerprint density at radius 2 is 0.750 bits per heavy atom. The summed E-state index contributed by atoms with van der Waals surface area (Å²) in [5.74, 6) is 2.22. The van der Waals surface area contributed by atoms with Crippen molar-refractivity contribution in [2.24, 2.45) is 0 Å². The summed E-state index contributed by atoms with van der Waals surface area (Å²) < 4.78 is 7.04. The van der Waals surface area contributed by atoms with E-state index in [0.717, 1.165) is 73.0 Å². The molecule has 1 aromatic heterocycles. The molecule has 0 radical (unpaired) electrons. The number of benzene rings is 8. The molecular formula is C53H34N2O. The molecule has 262 valence electrons. The van der Waals surface area contributed by atoms with Crippen LogP contribution in [0, 0.1) is 0 Å². The summed E-state index contributed by atoms with van der Waals surface area (Å²) in [5, 5.41) is 0. The van der Waals surface area contributed by atoms with E-state index < -0.39 is 5.41 Å². The van der Waals surface area contributed by atoms with E-state index in [1.54, 1.807) is 0 Å². The predicted molar refractivity (Wildman–Crippen MR) is 227 cm³/mol. The molecule has 0 fully saturated rings. The maximum atomic E-state index is 7.04. The van der Waals surface area contributed by atoms with E-state index in [4.69, 9.17) is 14.7 Å². The van der Waals surface area contributed by atoms with Gasteiger partial charge in [-0.15, -0.1) is 0 Å². The van der Waals surface area contributed by atoms with Gasteiger partial charge in [-0.25, -0.2) is 9.97 Å². The second-order valence-electron chi connectivity index (χ2n) is 14.5. The number of hydrogen-bond acceptors (Lipinski definition) is 3. The van der Waals surface area contributed by atoms with Gasteiger partial charge in [-0.05, 0) is 74.8 Å². The molecule has 0 atom stereocenters. The molecule has 0 N–H and O–H groups in total. The molecule has 0 bridgehead atoms. The van der Waals surface area contributed by atoms with E-state index in [-0.39, 0.29) is 0 Å². The lowest BCUT2D eigenvalue weighted by atomic mass is 9.66. The van der Waals surface area contributed by atoms with Crippen LogP contribution in [0.5, 0.6) is 11.5 Å². The third-order valence-electron chi connectivity index (χ3n) is 11.4. The summed E-state index contributed by atoms with van der Waals surface area (Å²) >= 11 is 0. The van der Waals surface area contributed by atoms with Gasteiger partial charge in [-0.3, -0.25) is 0 Å². The van der Waals surface area contributed by atoms with Gasteiger partial charge in [0.05, 0.1) is 22.4 Å². The number of ether oxygens (including phenoxy) is 1. The van der Waals surface area contributed by atoms with Crippen LogP contribution >= 0.6 is 0 Å². The normalized spacial score (nSPS) is 12.9. The van der Waals surface area contributed by atoms with Crippen LogP contribution < -0.4 is 4.74 Å².